The molecule has 0 atom stereocenters. The van der Waals surface area contributed by atoms with E-state index in [9.17, 15) is 0 Å². The minimum atomic E-state index is 0.467. The summed E-state index contributed by atoms with van der Waals surface area (Å²) in [5.41, 5.74) is 7.94. The van der Waals surface area contributed by atoms with Gasteiger partial charge < -0.3 is 15.2 Å². The molecule has 0 spiro atoms. The molecule has 20 heavy (non-hydrogen) atoms. The van der Waals surface area contributed by atoms with Gasteiger partial charge in [-0.15, -0.1) is 0 Å². The Balaban J connectivity index is 2.10. The van der Waals surface area contributed by atoms with Crippen LogP contribution in [0.1, 0.15) is 24.5 Å². The van der Waals surface area contributed by atoms with Crippen LogP contribution in [0.5, 0.6) is 17.2 Å². The van der Waals surface area contributed by atoms with Crippen LogP contribution in [-0.2, 0) is 6.54 Å². The van der Waals surface area contributed by atoms with Crippen LogP contribution in [0, 0.1) is 6.92 Å². The zero-order valence-electron chi connectivity index (χ0n) is 12.1. The molecule has 0 aliphatic carbocycles. The average Bonchev–Trinajstić information content (AvgIpc) is 2.48. The second-order valence-electron chi connectivity index (χ2n) is 4.74. The molecule has 0 amide bonds. The SMILES string of the molecule is CCCOc1ccc(Oc2ccc(C)cc2CN)cc1. The van der Waals surface area contributed by atoms with Crippen LogP contribution < -0.4 is 15.2 Å². The van der Waals surface area contributed by atoms with Gasteiger partial charge in [0.25, 0.3) is 0 Å². The lowest BCUT2D eigenvalue weighted by Crippen LogP contribution is -2.00. The normalized spacial score (nSPS) is 10.3. The van der Waals surface area contributed by atoms with Crippen molar-refractivity contribution in [2.24, 2.45) is 5.73 Å². The van der Waals surface area contributed by atoms with Crippen molar-refractivity contribution < 1.29 is 9.47 Å². The average molecular weight is 271 g/mol. The molecule has 3 nitrogen and oxygen atoms in total. The van der Waals surface area contributed by atoms with Gasteiger partial charge in [-0.25, -0.2) is 0 Å². The predicted molar refractivity (Wildman–Crippen MR) is 81.4 cm³/mol. The molecule has 0 bridgehead atoms. The minimum absolute atomic E-state index is 0.467. The molecule has 2 rings (SSSR count). The van der Waals surface area contributed by atoms with Crippen LogP contribution >= 0.6 is 0 Å². The second kappa shape index (κ2) is 6.96. The summed E-state index contributed by atoms with van der Waals surface area (Å²) in [4.78, 5) is 0. The summed E-state index contributed by atoms with van der Waals surface area (Å²) >= 11 is 0. The Kier molecular flexibility index (Phi) is 5.02. The molecule has 2 aromatic carbocycles. The van der Waals surface area contributed by atoms with Gasteiger partial charge in [0.05, 0.1) is 6.61 Å². The van der Waals surface area contributed by atoms with Gasteiger partial charge in [0.2, 0.25) is 0 Å². The largest absolute Gasteiger partial charge is 0.494 e. The third-order valence-corrected chi connectivity index (χ3v) is 2.96. The summed E-state index contributed by atoms with van der Waals surface area (Å²) in [6.07, 6.45) is 1.00. The smallest absolute Gasteiger partial charge is 0.131 e. The van der Waals surface area contributed by atoms with E-state index in [0.717, 1.165) is 35.8 Å². The standard InChI is InChI=1S/C17H21NO2/c1-3-10-19-15-5-7-16(8-6-15)20-17-9-4-13(2)11-14(17)12-18/h4-9,11H,3,10,12,18H2,1-2H3. The Labute approximate surface area is 120 Å². The first-order valence-corrected chi connectivity index (χ1v) is 6.93. The highest BCUT2D eigenvalue weighted by atomic mass is 16.5. The van der Waals surface area contributed by atoms with Crippen molar-refractivity contribution in [1.82, 2.24) is 0 Å². The number of hydrogen-bond acceptors (Lipinski definition) is 3. The van der Waals surface area contributed by atoms with Gasteiger partial charge in [0.15, 0.2) is 0 Å². The molecule has 0 unspecified atom stereocenters. The third kappa shape index (κ3) is 3.75. The first kappa shape index (κ1) is 14.4. The van der Waals surface area contributed by atoms with Gasteiger partial charge in [0.1, 0.15) is 17.2 Å². The predicted octanol–water partition coefficient (Wildman–Crippen LogP) is 4.03. The number of aryl methyl sites for hydroxylation is 1. The Morgan fingerprint density at radius 1 is 1.00 bits per heavy atom. The lowest BCUT2D eigenvalue weighted by Gasteiger charge is -2.11. The lowest BCUT2D eigenvalue weighted by molar-refractivity contribution is 0.317. The molecule has 3 heteroatoms. The van der Waals surface area contributed by atoms with Crippen molar-refractivity contribution in [1.29, 1.82) is 0 Å². The second-order valence-corrected chi connectivity index (χ2v) is 4.74. The van der Waals surface area contributed by atoms with Gasteiger partial charge in [-0.1, -0.05) is 24.6 Å². The van der Waals surface area contributed by atoms with E-state index >= 15 is 0 Å². The molecule has 0 radical (unpaired) electrons. The van der Waals surface area contributed by atoms with Gasteiger partial charge in [-0.3, -0.25) is 0 Å². The first-order chi connectivity index (χ1) is 9.72. The summed E-state index contributed by atoms with van der Waals surface area (Å²) in [6, 6.07) is 13.7. The summed E-state index contributed by atoms with van der Waals surface area (Å²) in [5.74, 6) is 2.45. The van der Waals surface area contributed by atoms with E-state index in [-0.39, 0.29) is 0 Å². The van der Waals surface area contributed by atoms with Crippen molar-refractivity contribution in [2.45, 2.75) is 26.8 Å². The van der Waals surface area contributed by atoms with E-state index < -0.39 is 0 Å². The fourth-order valence-electron chi connectivity index (χ4n) is 1.92. The summed E-state index contributed by atoms with van der Waals surface area (Å²) in [5, 5.41) is 0. The molecule has 0 saturated carbocycles. The highest BCUT2D eigenvalue weighted by Crippen LogP contribution is 2.27. The van der Waals surface area contributed by atoms with Crippen molar-refractivity contribution in [2.75, 3.05) is 6.61 Å². The molecule has 0 aliphatic rings. The van der Waals surface area contributed by atoms with Gasteiger partial charge in [-0.2, -0.15) is 0 Å². The fraction of sp³-hybridized carbons (Fsp3) is 0.294. The fourth-order valence-corrected chi connectivity index (χ4v) is 1.92. The molecule has 0 heterocycles. The van der Waals surface area contributed by atoms with Crippen LogP contribution in [0.2, 0.25) is 0 Å². The van der Waals surface area contributed by atoms with Crippen LogP contribution in [0.15, 0.2) is 42.5 Å². The number of benzene rings is 2. The Bertz CT molecular complexity index is 549. The number of hydrogen-bond donors (Lipinski definition) is 1. The maximum absolute atomic E-state index is 5.88. The topological polar surface area (TPSA) is 44.5 Å². The molecule has 2 aromatic rings. The molecular formula is C17H21NO2. The van der Waals surface area contributed by atoms with Gasteiger partial charge >= 0.3 is 0 Å². The zero-order chi connectivity index (χ0) is 14.4. The molecule has 0 aromatic heterocycles. The highest BCUT2D eigenvalue weighted by molar-refractivity contribution is 5.41. The maximum Gasteiger partial charge on any atom is 0.131 e. The van der Waals surface area contributed by atoms with E-state index in [2.05, 4.69) is 6.92 Å². The van der Waals surface area contributed by atoms with Crippen LogP contribution in [0.25, 0.3) is 0 Å². The quantitative estimate of drug-likeness (QED) is 0.862. The monoisotopic (exact) mass is 271 g/mol. The summed E-state index contributed by atoms with van der Waals surface area (Å²) in [6.45, 7) is 5.33. The maximum atomic E-state index is 5.88. The molecule has 0 fully saturated rings. The van der Waals surface area contributed by atoms with Crippen molar-refractivity contribution in [3.63, 3.8) is 0 Å². The molecule has 2 N–H and O–H groups in total. The van der Waals surface area contributed by atoms with E-state index in [1.165, 1.54) is 5.56 Å². The molecule has 0 saturated heterocycles. The first-order valence-electron chi connectivity index (χ1n) is 6.93. The Morgan fingerprint density at radius 3 is 2.35 bits per heavy atom. The number of nitrogens with two attached hydrogens (primary N) is 1. The van der Waals surface area contributed by atoms with Gasteiger partial charge in [0, 0.05) is 12.1 Å². The van der Waals surface area contributed by atoms with Crippen LogP contribution in [-0.4, -0.2) is 6.61 Å². The molecule has 0 aliphatic heterocycles. The van der Waals surface area contributed by atoms with Crippen LogP contribution in [0.4, 0.5) is 0 Å². The number of rotatable bonds is 6. The van der Waals surface area contributed by atoms with E-state index in [4.69, 9.17) is 15.2 Å². The Hall–Kier alpha value is -2.00. The minimum Gasteiger partial charge on any atom is -0.494 e. The van der Waals surface area contributed by atoms with Crippen LogP contribution in [0.3, 0.4) is 0 Å². The third-order valence-electron chi connectivity index (χ3n) is 2.96. The molecular weight excluding hydrogens is 250 g/mol. The Morgan fingerprint density at radius 2 is 1.70 bits per heavy atom. The van der Waals surface area contributed by atoms with Crippen molar-refractivity contribution in [3.05, 3.63) is 53.6 Å². The van der Waals surface area contributed by atoms with E-state index in [1.54, 1.807) is 0 Å². The highest BCUT2D eigenvalue weighted by Gasteiger charge is 2.04. The zero-order valence-corrected chi connectivity index (χ0v) is 12.1. The number of ether oxygens (including phenoxy) is 2. The van der Waals surface area contributed by atoms with Crippen molar-refractivity contribution in [3.8, 4) is 17.2 Å². The summed E-state index contributed by atoms with van der Waals surface area (Å²) in [7, 11) is 0. The van der Waals surface area contributed by atoms with E-state index in [1.807, 2.05) is 49.4 Å². The lowest BCUT2D eigenvalue weighted by atomic mass is 10.1. The molecule has 106 valence electrons. The van der Waals surface area contributed by atoms with Gasteiger partial charge in [-0.05, 0) is 43.7 Å². The van der Waals surface area contributed by atoms with E-state index in [0.29, 0.717) is 6.54 Å². The summed E-state index contributed by atoms with van der Waals surface area (Å²) < 4.78 is 11.4. The van der Waals surface area contributed by atoms with Crippen molar-refractivity contribution >= 4 is 0 Å².